The van der Waals surface area contributed by atoms with Gasteiger partial charge in [0.25, 0.3) is 0 Å². The molecule has 0 amide bonds. The lowest BCUT2D eigenvalue weighted by molar-refractivity contribution is -0.106. The van der Waals surface area contributed by atoms with Crippen molar-refractivity contribution in [2.45, 2.75) is 52.2 Å². The molecule has 1 aromatic heterocycles. The van der Waals surface area contributed by atoms with Crippen LogP contribution in [0.1, 0.15) is 56.5 Å². The van der Waals surface area contributed by atoms with Crippen molar-refractivity contribution in [1.29, 1.82) is 0 Å². The van der Waals surface area contributed by atoms with Gasteiger partial charge < -0.3 is 24.2 Å². The summed E-state index contributed by atoms with van der Waals surface area (Å²) >= 11 is 6.30. The normalized spacial score (nSPS) is 17.4. The van der Waals surface area contributed by atoms with E-state index in [-0.39, 0.29) is 12.1 Å². The highest BCUT2D eigenvalue weighted by atomic mass is 35.5. The molecule has 5 nitrogen and oxygen atoms in total. The third kappa shape index (κ3) is 6.59. The quantitative estimate of drug-likeness (QED) is 0.291. The summed E-state index contributed by atoms with van der Waals surface area (Å²) in [5, 5.41) is 1.99. The molecule has 2 aliphatic rings. The van der Waals surface area contributed by atoms with E-state index >= 15 is 0 Å². The fraction of sp³-hybridized carbons (Fsp3) is 0.367. The van der Waals surface area contributed by atoms with Crippen LogP contribution in [0.2, 0.25) is 5.02 Å². The molecule has 6 heteroatoms. The van der Waals surface area contributed by atoms with E-state index in [1.807, 2.05) is 32.1 Å². The molecular formula is C30H37ClN2O3. The average molecular weight is 509 g/mol. The molecule has 0 aliphatic carbocycles. The summed E-state index contributed by atoms with van der Waals surface area (Å²) in [6.45, 7) is 11.8. The summed E-state index contributed by atoms with van der Waals surface area (Å²) in [6.07, 6.45) is 9.82. The van der Waals surface area contributed by atoms with Crippen molar-refractivity contribution >= 4 is 28.8 Å². The van der Waals surface area contributed by atoms with Crippen LogP contribution in [0.15, 0.2) is 67.4 Å². The standard InChI is InChI=1S/C26H27ClN2O2.C2H4O.C2H6/c1-2-3-13-29-14-10-22-23-17-19(27)6-9-24(23)28-25(22)26(29)18-4-7-20(8-5-18)31-21-11-15-30-16-12-21;1-2-3;1-2/h2-9,13,17,21,26,28H,1,10-12,14-16H2;2H,1H3;1-2H3/b13-3+;;. The molecule has 192 valence electrons. The predicted octanol–water partition coefficient (Wildman–Crippen LogP) is 7.26. The number of hydrogen-bond donors (Lipinski definition) is 1. The van der Waals surface area contributed by atoms with Gasteiger partial charge in [0.1, 0.15) is 18.1 Å². The van der Waals surface area contributed by atoms with Crippen molar-refractivity contribution in [3.05, 3.63) is 89.2 Å². The largest absolute Gasteiger partial charge is 0.490 e. The molecule has 2 aliphatic heterocycles. The van der Waals surface area contributed by atoms with Crippen molar-refractivity contribution in [1.82, 2.24) is 9.88 Å². The Balaban J connectivity index is 0.000000674. The van der Waals surface area contributed by atoms with Gasteiger partial charge in [-0.3, -0.25) is 0 Å². The molecule has 5 rings (SSSR count). The van der Waals surface area contributed by atoms with Crippen molar-refractivity contribution in [2.24, 2.45) is 0 Å². The van der Waals surface area contributed by atoms with Crippen LogP contribution in [-0.2, 0) is 16.0 Å². The molecule has 1 unspecified atom stereocenters. The number of hydrogen-bond acceptors (Lipinski definition) is 4. The highest BCUT2D eigenvalue weighted by Crippen LogP contribution is 2.39. The second-order valence-electron chi connectivity index (χ2n) is 8.41. The Hall–Kier alpha value is -3.02. The van der Waals surface area contributed by atoms with Crippen LogP contribution in [-0.4, -0.2) is 42.0 Å². The maximum absolute atomic E-state index is 8.81. The first-order valence-corrected chi connectivity index (χ1v) is 13.1. The Morgan fingerprint density at radius 1 is 1.14 bits per heavy atom. The minimum Gasteiger partial charge on any atom is -0.490 e. The molecule has 0 spiro atoms. The maximum Gasteiger partial charge on any atom is 0.119 e. The first-order valence-electron chi connectivity index (χ1n) is 12.7. The number of aromatic amines is 1. The SMILES string of the molecule is C=C/C=C/N1CCc2c([nH]c3ccc(Cl)cc23)C1c1ccc(OC2CCOCC2)cc1.CC.CC=O. The Morgan fingerprint density at radius 3 is 2.50 bits per heavy atom. The molecular weight excluding hydrogens is 472 g/mol. The van der Waals surface area contributed by atoms with E-state index in [1.54, 1.807) is 0 Å². The van der Waals surface area contributed by atoms with E-state index in [0.717, 1.165) is 61.6 Å². The van der Waals surface area contributed by atoms with Gasteiger partial charge in [-0.25, -0.2) is 0 Å². The zero-order valence-electron chi connectivity index (χ0n) is 21.5. The van der Waals surface area contributed by atoms with Crippen LogP contribution in [0.3, 0.4) is 0 Å². The number of fused-ring (bicyclic) bond motifs is 3. The van der Waals surface area contributed by atoms with Crippen LogP contribution >= 0.6 is 11.6 Å². The molecule has 2 aromatic carbocycles. The van der Waals surface area contributed by atoms with Gasteiger partial charge in [0.05, 0.1) is 19.3 Å². The van der Waals surface area contributed by atoms with Crippen LogP contribution in [0.25, 0.3) is 10.9 Å². The zero-order chi connectivity index (χ0) is 25.9. The summed E-state index contributed by atoms with van der Waals surface area (Å²) in [5.74, 6) is 0.920. The van der Waals surface area contributed by atoms with E-state index in [9.17, 15) is 0 Å². The van der Waals surface area contributed by atoms with Crippen LogP contribution < -0.4 is 4.74 Å². The predicted molar refractivity (Wildman–Crippen MR) is 149 cm³/mol. The summed E-state index contributed by atoms with van der Waals surface area (Å²) in [4.78, 5) is 14.8. The van der Waals surface area contributed by atoms with Crippen molar-refractivity contribution in [2.75, 3.05) is 19.8 Å². The first-order chi connectivity index (χ1) is 17.6. The summed E-state index contributed by atoms with van der Waals surface area (Å²) in [5.41, 5.74) is 4.95. The number of aldehydes is 1. The summed E-state index contributed by atoms with van der Waals surface area (Å²) in [7, 11) is 0. The van der Waals surface area contributed by atoms with E-state index in [1.165, 1.54) is 29.1 Å². The molecule has 1 saturated heterocycles. The highest BCUT2D eigenvalue weighted by Gasteiger charge is 2.30. The van der Waals surface area contributed by atoms with E-state index < -0.39 is 0 Å². The zero-order valence-corrected chi connectivity index (χ0v) is 22.3. The van der Waals surface area contributed by atoms with Crippen molar-refractivity contribution in [3.8, 4) is 5.75 Å². The number of benzene rings is 2. The summed E-state index contributed by atoms with van der Waals surface area (Å²) < 4.78 is 11.6. The lowest BCUT2D eigenvalue weighted by atomic mass is 9.92. The Labute approximate surface area is 219 Å². The number of nitrogens with one attached hydrogen (secondary N) is 1. The van der Waals surface area contributed by atoms with Crippen molar-refractivity contribution < 1.29 is 14.3 Å². The van der Waals surface area contributed by atoms with Gasteiger partial charge in [-0.2, -0.15) is 0 Å². The second-order valence-corrected chi connectivity index (χ2v) is 8.85. The van der Waals surface area contributed by atoms with E-state index in [0.29, 0.717) is 0 Å². The number of allylic oxidation sites excluding steroid dienone is 2. The number of rotatable bonds is 5. The Kier molecular flexibility index (Phi) is 10.6. The highest BCUT2D eigenvalue weighted by molar-refractivity contribution is 6.31. The number of aromatic nitrogens is 1. The Morgan fingerprint density at radius 2 is 1.83 bits per heavy atom. The number of ether oxygens (including phenoxy) is 2. The topological polar surface area (TPSA) is 54.6 Å². The fourth-order valence-corrected chi connectivity index (χ4v) is 4.86. The molecule has 1 N–H and O–H groups in total. The number of carbonyl (C=O) groups excluding carboxylic acids is 1. The number of H-pyrrole nitrogens is 1. The maximum atomic E-state index is 8.81. The van der Waals surface area contributed by atoms with E-state index in [2.05, 4.69) is 59.1 Å². The first kappa shape index (κ1) is 27.6. The monoisotopic (exact) mass is 508 g/mol. The molecule has 0 bridgehead atoms. The van der Waals surface area contributed by atoms with Crippen LogP contribution in [0.5, 0.6) is 5.75 Å². The molecule has 1 atom stereocenters. The van der Waals surface area contributed by atoms with Gasteiger partial charge in [0.15, 0.2) is 0 Å². The number of nitrogens with zero attached hydrogens (tertiary/aromatic N) is 1. The van der Waals surface area contributed by atoms with Gasteiger partial charge >= 0.3 is 0 Å². The molecule has 36 heavy (non-hydrogen) atoms. The third-order valence-electron chi connectivity index (χ3n) is 6.21. The van der Waals surface area contributed by atoms with Gasteiger partial charge in [-0.1, -0.05) is 50.2 Å². The number of carbonyl (C=O) groups is 1. The molecule has 0 radical (unpaired) electrons. The molecule has 0 saturated carbocycles. The lowest BCUT2D eigenvalue weighted by Crippen LogP contribution is -2.32. The smallest absolute Gasteiger partial charge is 0.119 e. The third-order valence-corrected chi connectivity index (χ3v) is 6.44. The second kappa shape index (κ2) is 13.9. The molecule has 3 heterocycles. The van der Waals surface area contributed by atoms with Gasteiger partial charge in [0.2, 0.25) is 0 Å². The van der Waals surface area contributed by atoms with Crippen molar-refractivity contribution in [3.63, 3.8) is 0 Å². The molecule has 3 aromatic rings. The number of halogens is 1. The summed E-state index contributed by atoms with van der Waals surface area (Å²) in [6, 6.07) is 14.7. The van der Waals surface area contributed by atoms with Gasteiger partial charge in [-0.05, 0) is 67.1 Å². The molecule has 1 fully saturated rings. The average Bonchev–Trinajstić information content (AvgIpc) is 3.28. The fourth-order valence-electron chi connectivity index (χ4n) is 4.68. The van der Waals surface area contributed by atoms with Gasteiger partial charge in [-0.15, -0.1) is 0 Å². The Bertz CT molecular complexity index is 1150. The van der Waals surface area contributed by atoms with Crippen LogP contribution in [0, 0.1) is 0 Å². The minimum absolute atomic E-state index is 0.100. The minimum atomic E-state index is 0.100. The van der Waals surface area contributed by atoms with E-state index in [4.69, 9.17) is 25.9 Å². The van der Waals surface area contributed by atoms with Crippen LogP contribution in [0.4, 0.5) is 0 Å². The van der Waals surface area contributed by atoms with Gasteiger partial charge in [0, 0.05) is 41.0 Å². The lowest BCUT2D eigenvalue weighted by Gasteiger charge is -2.35.